The van der Waals surface area contributed by atoms with Crippen molar-refractivity contribution in [1.82, 2.24) is 0 Å². The van der Waals surface area contributed by atoms with Crippen LogP contribution in [0, 0.1) is 15.9 Å². The van der Waals surface area contributed by atoms with Crippen molar-refractivity contribution in [3.8, 4) is 12.3 Å². The molecule has 82 valence electrons. The van der Waals surface area contributed by atoms with Crippen LogP contribution in [0.4, 0.5) is 0 Å². The van der Waals surface area contributed by atoms with Gasteiger partial charge in [0.15, 0.2) is 0 Å². The standard InChI is InChI=1S/C16H11I/c1-2-13-7-3-4-8-14(13)11-12-15-9-5-6-10-16(15)17/h1,3-12H/b12-11+. The maximum Gasteiger partial charge on any atom is 0.0315 e. The van der Waals surface area contributed by atoms with Crippen LogP contribution in [-0.4, -0.2) is 0 Å². The third-order valence-corrected chi connectivity index (χ3v) is 3.45. The Labute approximate surface area is 116 Å². The first-order valence-corrected chi connectivity index (χ1v) is 6.37. The van der Waals surface area contributed by atoms with Crippen molar-refractivity contribution >= 4 is 34.7 Å². The maximum atomic E-state index is 5.46. The first-order chi connectivity index (χ1) is 8.31. The second kappa shape index (κ2) is 5.70. The van der Waals surface area contributed by atoms with Gasteiger partial charge >= 0.3 is 0 Å². The van der Waals surface area contributed by atoms with E-state index in [1.54, 1.807) is 0 Å². The normalized spacial score (nSPS) is 10.4. The van der Waals surface area contributed by atoms with Crippen molar-refractivity contribution in [2.45, 2.75) is 0 Å². The van der Waals surface area contributed by atoms with Gasteiger partial charge < -0.3 is 0 Å². The lowest BCUT2D eigenvalue weighted by Gasteiger charge is -1.99. The van der Waals surface area contributed by atoms with E-state index >= 15 is 0 Å². The van der Waals surface area contributed by atoms with Crippen LogP contribution >= 0.6 is 22.6 Å². The summed E-state index contributed by atoms with van der Waals surface area (Å²) in [6.45, 7) is 0. The highest BCUT2D eigenvalue weighted by Crippen LogP contribution is 2.16. The fourth-order valence-corrected chi connectivity index (χ4v) is 2.13. The quantitative estimate of drug-likeness (QED) is 0.434. The van der Waals surface area contributed by atoms with Crippen LogP contribution in [0.2, 0.25) is 0 Å². The molecule has 0 radical (unpaired) electrons. The second-order valence-corrected chi connectivity index (χ2v) is 4.75. The summed E-state index contributed by atoms with van der Waals surface area (Å²) < 4.78 is 1.24. The molecule has 0 nitrogen and oxygen atoms in total. The molecule has 17 heavy (non-hydrogen) atoms. The highest BCUT2D eigenvalue weighted by atomic mass is 127. The summed E-state index contributed by atoms with van der Waals surface area (Å²) in [5, 5.41) is 0. The van der Waals surface area contributed by atoms with E-state index in [2.05, 4.69) is 52.8 Å². The Morgan fingerprint density at radius 3 is 2.18 bits per heavy atom. The number of benzene rings is 2. The second-order valence-electron chi connectivity index (χ2n) is 3.59. The average Bonchev–Trinajstić information content (AvgIpc) is 2.38. The zero-order valence-corrected chi connectivity index (χ0v) is 11.4. The molecule has 0 fully saturated rings. The van der Waals surface area contributed by atoms with Gasteiger partial charge in [-0.05, 0) is 45.9 Å². The van der Waals surface area contributed by atoms with Crippen LogP contribution < -0.4 is 0 Å². The van der Waals surface area contributed by atoms with E-state index in [0.29, 0.717) is 0 Å². The Bertz CT molecular complexity index is 588. The Balaban J connectivity index is 2.33. The van der Waals surface area contributed by atoms with Crippen LogP contribution in [0.25, 0.3) is 12.2 Å². The molecule has 2 aromatic rings. The summed E-state index contributed by atoms with van der Waals surface area (Å²) in [5.41, 5.74) is 3.21. The van der Waals surface area contributed by atoms with Crippen LogP contribution in [-0.2, 0) is 0 Å². The number of terminal acetylenes is 1. The molecule has 2 rings (SSSR count). The summed E-state index contributed by atoms with van der Waals surface area (Å²) in [4.78, 5) is 0. The highest BCUT2D eigenvalue weighted by molar-refractivity contribution is 14.1. The van der Waals surface area contributed by atoms with E-state index in [-0.39, 0.29) is 0 Å². The van der Waals surface area contributed by atoms with Crippen LogP contribution in [0.3, 0.4) is 0 Å². The van der Waals surface area contributed by atoms with Crippen molar-refractivity contribution in [3.05, 3.63) is 68.8 Å². The van der Waals surface area contributed by atoms with Gasteiger partial charge in [0, 0.05) is 9.13 Å². The molecule has 0 spiro atoms. The van der Waals surface area contributed by atoms with Crippen molar-refractivity contribution in [2.75, 3.05) is 0 Å². The molecule has 0 heterocycles. The van der Waals surface area contributed by atoms with Crippen molar-refractivity contribution < 1.29 is 0 Å². The minimum absolute atomic E-state index is 0.926. The van der Waals surface area contributed by atoms with E-state index in [0.717, 1.165) is 11.1 Å². The van der Waals surface area contributed by atoms with Crippen LogP contribution in [0.15, 0.2) is 48.5 Å². The first-order valence-electron chi connectivity index (χ1n) is 5.29. The van der Waals surface area contributed by atoms with Gasteiger partial charge in [-0.2, -0.15) is 0 Å². The summed E-state index contributed by atoms with van der Waals surface area (Å²) in [6, 6.07) is 16.2. The predicted molar refractivity (Wildman–Crippen MR) is 82.5 cm³/mol. The minimum atomic E-state index is 0.926. The van der Waals surface area contributed by atoms with Crippen molar-refractivity contribution in [3.63, 3.8) is 0 Å². The molecular weight excluding hydrogens is 319 g/mol. The van der Waals surface area contributed by atoms with Crippen molar-refractivity contribution in [1.29, 1.82) is 0 Å². The third-order valence-electron chi connectivity index (χ3n) is 2.46. The third kappa shape index (κ3) is 2.98. The molecule has 0 saturated heterocycles. The lowest BCUT2D eigenvalue weighted by molar-refractivity contribution is 1.58. The number of hydrogen-bond acceptors (Lipinski definition) is 0. The summed E-state index contributed by atoms with van der Waals surface area (Å²) >= 11 is 2.33. The molecule has 2 aromatic carbocycles. The van der Waals surface area contributed by atoms with Gasteiger partial charge in [0.05, 0.1) is 0 Å². The average molecular weight is 330 g/mol. The fourth-order valence-electron chi connectivity index (χ4n) is 1.56. The number of rotatable bonds is 2. The fraction of sp³-hybridized carbons (Fsp3) is 0. The summed E-state index contributed by atoms with van der Waals surface area (Å²) in [5.74, 6) is 2.69. The molecule has 0 N–H and O–H groups in total. The molecule has 0 aliphatic rings. The van der Waals surface area contributed by atoms with Gasteiger partial charge in [-0.3, -0.25) is 0 Å². The molecule has 0 saturated carbocycles. The van der Waals surface area contributed by atoms with Crippen LogP contribution in [0.1, 0.15) is 16.7 Å². The molecule has 0 aliphatic heterocycles. The Hall–Kier alpha value is -1.53. The van der Waals surface area contributed by atoms with E-state index in [4.69, 9.17) is 6.42 Å². The van der Waals surface area contributed by atoms with E-state index in [1.807, 2.05) is 36.4 Å². The minimum Gasteiger partial charge on any atom is -0.115 e. The molecule has 0 aromatic heterocycles. The molecular formula is C16H11I. The SMILES string of the molecule is C#Cc1ccccc1/C=C/c1ccccc1I. The van der Waals surface area contributed by atoms with Gasteiger partial charge in [0.2, 0.25) is 0 Å². The Kier molecular flexibility index (Phi) is 4.00. The smallest absolute Gasteiger partial charge is 0.0315 e. The molecule has 1 heteroatoms. The maximum absolute atomic E-state index is 5.46. The van der Waals surface area contributed by atoms with Gasteiger partial charge in [-0.1, -0.05) is 54.5 Å². The van der Waals surface area contributed by atoms with Crippen molar-refractivity contribution in [2.24, 2.45) is 0 Å². The number of halogens is 1. The van der Waals surface area contributed by atoms with E-state index < -0.39 is 0 Å². The van der Waals surface area contributed by atoms with Gasteiger partial charge in [-0.25, -0.2) is 0 Å². The summed E-state index contributed by atoms with van der Waals surface area (Å²) in [6.07, 6.45) is 9.62. The highest BCUT2D eigenvalue weighted by Gasteiger charge is 1.96. The molecule has 0 bridgehead atoms. The molecule has 0 aliphatic carbocycles. The monoisotopic (exact) mass is 330 g/mol. The van der Waals surface area contributed by atoms with Gasteiger partial charge in [0.1, 0.15) is 0 Å². The summed E-state index contributed by atoms with van der Waals surface area (Å²) in [7, 11) is 0. The zero-order chi connectivity index (χ0) is 12.1. The first kappa shape index (κ1) is 11.9. The van der Waals surface area contributed by atoms with Crippen LogP contribution in [0.5, 0.6) is 0 Å². The van der Waals surface area contributed by atoms with E-state index in [1.165, 1.54) is 9.13 Å². The molecule has 0 unspecified atom stereocenters. The lowest BCUT2D eigenvalue weighted by atomic mass is 10.1. The van der Waals surface area contributed by atoms with Gasteiger partial charge in [-0.15, -0.1) is 6.42 Å². The topological polar surface area (TPSA) is 0 Å². The largest absolute Gasteiger partial charge is 0.115 e. The zero-order valence-electron chi connectivity index (χ0n) is 9.23. The van der Waals surface area contributed by atoms with Gasteiger partial charge in [0.25, 0.3) is 0 Å². The Morgan fingerprint density at radius 2 is 1.47 bits per heavy atom. The lowest BCUT2D eigenvalue weighted by Crippen LogP contribution is -1.81. The Morgan fingerprint density at radius 1 is 0.882 bits per heavy atom. The van der Waals surface area contributed by atoms with E-state index in [9.17, 15) is 0 Å². The number of hydrogen-bond donors (Lipinski definition) is 0. The predicted octanol–water partition coefficient (Wildman–Crippen LogP) is 4.44. The molecule has 0 amide bonds. The molecule has 0 atom stereocenters.